The maximum atomic E-state index is 11.7. The zero-order chi connectivity index (χ0) is 17.7. The lowest BCUT2D eigenvalue weighted by atomic mass is 10.0. The topological polar surface area (TPSA) is 81.7 Å². The van der Waals surface area contributed by atoms with E-state index in [0.29, 0.717) is 5.75 Å². The molecule has 0 heterocycles. The summed E-state index contributed by atoms with van der Waals surface area (Å²) in [5, 5.41) is 2.57. The van der Waals surface area contributed by atoms with Gasteiger partial charge >= 0.3 is 6.09 Å². The van der Waals surface area contributed by atoms with Crippen molar-refractivity contribution in [1.82, 2.24) is 5.32 Å². The Morgan fingerprint density at radius 1 is 1.26 bits per heavy atom. The van der Waals surface area contributed by atoms with Crippen molar-refractivity contribution in [2.75, 3.05) is 19.4 Å². The summed E-state index contributed by atoms with van der Waals surface area (Å²) in [7, 11) is 3.18. The first-order valence-corrected chi connectivity index (χ1v) is 9.51. The fourth-order valence-electron chi connectivity index (χ4n) is 1.91. The Kier molecular flexibility index (Phi) is 6.70. The Bertz CT molecular complexity index is 622. The molecule has 1 rings (SSSR count). The number of methoxy groups -OCH3 is 1. The fraction of sp³-hybridized carbons (Fsp3) is 0.533. The van der Waals surface area contributed by atoms with Crippen molar-refractivity contribution in [3.05, 3.63) is 29.8 Å². The lowest BCUT2D eigenvalue weighted by Crippen LogP contribution is -2.35. The normalized spacial score (nSPS) is 13.3. The molecule has 6 nitrogen and oxygen atoms in total. The molecule has 0 bridgehead atoms. The number of amides is 1. The van der Waals surface area contributed by atoms with Crippen LogP contribution in [0.5, 0.6) is 5.75 Å². The Labute approximate surface area is 141 Å². The van der Waals surface area contributed by atoms with Crippen LogP contribution < -0.4 is 10.1 Å². The van der Waals surface area contributed by atoms with Crippen molar-refractivity contribution in [2.45, 2.75) is 32.3 Å². The van der Waals surface area contributed by atoms with Crippen LogP contribution in [0.2, 0.25) is 0 Å². The van der Waals surface area contributed by atoms with Gasteiger partial charge in [-0.15, -0.1) is 0 Å². The van der Waals surface area contributed by atoms with Gasteiger partial charge in [0, 0.05) is 23.1 Å². The number of carbonyl (C=O) groups is 1. The molecule has 0 aromatic heterocycles. The van der Waals surface area contributed by atoms with E-state index in [1.807, 2.05) is 0 Å². The van der Waals surface area contributed by atoms with Crippen LogP contribution in [0.1, 0.15) is 32.3 Å². The van der Waals surface area contributed by atoms with E-state index in [0.717, 1.165) is 5.56 Å². The average molecular weight is 364 g/mol. The predicted octanol–water partition coefficient (Wildman–Crippen LogP) is 2.87. The van der Waals surface area contributed by atoms with Gasteiger partial charge in [-0.2, -0.15) is 0 Å². The highest BCUT2D eigenvalue weighted by Crippen LogP contribution is 2.22. The largest absolute Gasteiger partial charge is 0.497 e. The number of benzene rings is 1. The Hall–Kier alpha value is -1.47. The SMILES string of the molecule is COc1ccc(C(CNC(=O)OC(C)(C)C)CS(=O)(=O)Cl)cc1. The van der Waals surface area contributed by atoms with Gasteiger partial charge in [0.05, 0.1) is 12.9 Å². The summed E-state index contributed by atoms with van der Waals surface area (Å²) < 4.78 is 33.0. The molecule has 0 aliphatic rings. The monoisotopic (exact) mass is 363 g/mol. The maximum Gasteiger partial charge on any atom is 0.407 e. The van der Waals surface area contributed by atoms with Crippen molar-refractivity contribution < 1.29 is 22.7 Å². The number of carbonyl (C=O) groups excluding carboxylic acids is 1. The van der Waals surface area contributed by atoms with Crippen LogP contribution in [0.3, 0.4) is 0 Å². The second-order valence-electron chi connectivity index (χ2n) is 6.06. The van der Waals surface area contributed by atoms with Gasteiger partial charge in [0.2, 0.25) is 9.05 Å². The number of ether oxygens (including phenoxy) is 2. The van der Waals surface area contributed by atoms with E-state index in [2.05, 4.69) is 5.32 Å². The molecule has 0 spiro atoms. The first-order chi connectivity index (χ1) is 10.5. The van der Waals surface area contributed by atoms with Crippen LogP contribution >= 0.6 is 10.7 Å². The van der Waals surface area contributed by atoms with Gasteiger partial charge in [-0.1, -0.05) is 12.1 Å². The molecule has 1 N–H and O–H groups in total. The molecule has 0 aliphatic carbocycles. The first-order valence-electron chi connectivity index (χ1n) is 7.03. The summed E-state index contributed by atoms with van der Waals surface area (Å²) in [6.45, 7) is 5.33. The summed E-state index contributed by atoms with van der Waals surface area (Å²) >= 11 is 0. The highest BCUT2D eigenvalue weighted by Gasteiger charge is 2.22. The zero-order valence-electron chi connectivity index (χ0n) is 13.6. The van der Waals surface area contributed by atoms with E-state index in [1.54, 1.807) is 52.1 Å². The summed E-state index contributed by atoms with van der Waals surface area (Å²) in [5.74, 6) is -0.131. The zero-order valence-corrected chi connectivity index (χ0v) is 15.2. The van der Waals surface area contributed by atoms with Gasteiger partial charge in [0.15, 0.2) is 0 Å². The third-order valence-electron chi connectivity index (χ3n) is 2.88. The lowest BCUT2D eigenvalue weighted by Gasteiger charge is -2.22. The molecule has 0 saturated heterocycles. The van der Waals surface area contributed by atoms with Crippen molar-refractivity contribution in [3.8, 4) is 5.75 Å². The molecule has 1 atom stereocenters. The van der Waals surface area contributed by atoms with Gasteiger partial charge in [-0.05, 0) is 38.5 Å². The van der Waals surface area contributed by atoms with Gasteiger partial charge in [-0.25, -0.2) is 13.2 Å². The second-order valence-corrected chi connectivity index (χ2v) is 8.88. The van der Waals surface area contributed by atoms with Crippen LogP contribution in [-0.4, -0.2) is 39.5 Å². The third kappa shape index (κ3) is 8.08. The van der Waals surface area contributed by atoms with Gasteiger partial charge in [-0.3, -0.25) is 0 Å². The summed E-state index contributed by atoms with van der Waals surface area (Å²) in [6.07, 6.45) is -0.608. The minimum Gasteiger partial charge on any atom is -0.497 e. The maximum absolute atomic E-state index is 11.7. The molecule has 1 aromatic rings. The summed E-state index contributed by atoms with van der Waals surface area (Å²) in [4.78, 5) is 11.7. The average Bonchev–Trinajstić information content (AvgIpc) is 2.40. The standard InChI is InChI=1S/C15H22ClNO5S/c1-15(2,3)22-14(18)17-9-12(10-23(16,19)20)11-5-7-13(21-4)8-6-11/h5-8,12H,9-10H2,1-4H3,(H,17,18). The lowest BCUT2D eigenvalue weighted by molar-refractivity contribution is 0.0525. The van der Waals surface area contributed by atoms with Crippen LogP contribution in [0.25, 0.3) is 0 Å². The van der Waals surface area contributed by atoms with E-state index in [-0.39, 0.29) is 12.3 Å². The first kappa shape index (κ1) is 19.6. The van der Waals surface area contributed by atoms with E-state index >= 15 is 0 Å². The Balaban J connectivity index is 2.82. The molecule has 1 unspecified atom stereocenters. The number of hydrogen-bond acceptors (Lipinski definition) is 5. The third-order valence-corrected chi connectivity index (χ3v) is 4.06. The molecular formula is C15H22ClNO5S. The predicted molar refractivity (Wildman–Crippen MR) is 89.6 cm³/mol. The fourth-order valence-corrected chi connectivity index (χ4v) is 3.16. The van der Waals surface area contributed by atoms with E-state index in [1.165, 1.54) is 0 Å². The van der Waals surface area contributed by atoms with Crippen molar-refractivity contribution >= 4 is 25.8 Å². The van der Waals surface area contributed by atoms with Crippen LogP contribution in [0, 0.1) is 0 Å². The van der Waals surface area contributed by atoms with Gasteiger partial charge < -0.3 is 14.8 Å². The molecule has 0 fully saturated rings. The van der Waals surface area contributed by atoms with Crippen LogP contribution in [0.4, 0.5) is 4.79 Å². The molecule has 0 aliphatic heterocycles. The van der Waals surface area contributed by atoms with Crippen molar-refractivity contribution in [3.63, 3.8) is 0 Å². The van der Waals surface area contributed by atoms with Crippen LogP contribution in [-0.2, 0) is 13.8 Å². The molecule has 0 radical (unpaired) electrons. The highest BCUT2D eigenvalue weighted by atomic mass is 35.7. The van der Waals surface area contributed by atoms with Crippen molar-refractivity contribution in [2.24, 2.45) is 0 Å². The number of halogens is 1. The second kappa shape index (κ2) is 7.88. The number of nitrogens with one attached hydrogen (secondary N) is 1. The smallest absolute Gasteiger partial charge is 0.407 e. The molecule has 0 saturated carbocycles. The van der Waals surface area contributed by atoms with E-state index in [4.69, 9.17) is 20.2 Å². The summed E-state index contributed by atoms with van der Waals surface area (Å²) in [5.41, 5.74) is 0.101. The van der Waals surface area contributed by atoms with Crippen molar-refractivity contribution in [1.29, 1.82) is 0 Å². The minimum atomic E-state index is -3.72. The molecular weight excluding hydrogens is 342 g/mol. The molecule has 1 amide bonds. The van der Waals surface area contributed by atoms with E-state index < -0.39 is 26.7 Å². The highest BCUT2D eigenvalue weighted by molar-refractivity contribution is 8.13. The van der Waals surface area contributed by atoms with Gasteiger partial charge in [0.25, 0.3) is 0 Å². The molecule has 8 heteroatoms. The number of rotatable bonds is 6. The number of alkyl carbamates (subject to hydrolysis) is 1. The quantitative estimate of drug-likeness (QED) is 0.786. The van der Waals surface area contributed by atoms with Gasteiger partial charge in [0.1, 0.15) is 11.4 Å². The van der Waals surface area contributed by atoms with Crippen LogP contribution in [0.15, 0.2) is 24.3 Å². The molecule has 130 valence electrons. The Morgan fingerprint density at radius 2 is 1.83 bits per heavy atom. The number of hydrogen-bond donors (Lipinski definition) is 1. The molecule has 1 aromatic carbocycles. The Morgan fingerprint density at radius 3 is 2.26 bits per heavy atom. The summed E-state index contributed by atoms with van der Waals surface area (Å²) in [6, 6.07) is 6.91. The minimum absolute atomic E-state index is 0.0905. The van der Waals surface area contributed by atoms with E-state index in [9.17, 15) is 13.2 Å². The molecule has 23 heavy (non-hydrogen) atoms.